The lowest BCUT2D eigenvalue weighted by Crippen LogP contribution is -2.30. The van der Waals surface area contributed by atoms with Crippen LogP contribution in [0.15, 0.2) is 17.7 Å². The first kappa shape index (κ1) is 12.8. The van der Waals surface area contributed by atoms with E-state index in [-0.39, 0.29) is 17.5 Å². The second kappa shape index (κ2) is 5.69. The molecule has 0 saturated heterocycles. The Morgan fingerprint density at radius 2 is 2.31 bits per heavy atom. The minimum atomic E-state index is -0.359. The topological polar surface area (TPSA) is 52.9 Å². The first-order chi connectivity index (χ1) is 7.52. The van der Waals surface area contributed by atoms with E-state index in [9.17, 15) is 4.79 Å². The van der Waals surface area contributed by atoms with Gasteiger partial charge in [0.15, 0.2) is 0 Å². The van der Waals surface area contributed by atoms with Crippen molar-refractivity contribution in [3.05, 3.63) is 26.9 Å². The third-order valence-electron chi connectivity index (χ3n) is 1.67. The van der Waals surface area contributed by atoms with Crippen LogP contribution in [0.4, 0.5) is 0 Å². The lowest BCUT2D eigenvalue weighted by Gasteiger charge is -2.06. The second-order valence-corrected chi connectivity index (χ2v) is 5.19. The fraction of sp³-hybridized carbons (Fsp3) is 0.273. The molecule has 0 aromatic carbocycles. The smallest absolute Gasteiger partial charge is 0.262 e. The van der Waals surface area contributed by atoms with Crippen molar-refractivity contribution >= 4 is 34.9 Å². The van der Waals surface area contributed by atoms with Crippen LogP contribution in [-0.2, 0) is 4.79 Å². The number of nitrogens with one attached hydrogen (secondary N) is 1. The average molecular weight is 255 g/mol. The van der Waals surface area contributed by atoms with Crippen LogP contribution in [0.2, 0.25) is 4.34 Å². The predicted octanol–water partition coefficient (Wildman–Crippen LogP) is 2.83. The Bertz CT molecular complexity index is 457. The summed E-state index contributed by atoms with van der Waals surface area (Å²) in [4.78, 5) is 12.4. The van der Waals surface area contributed by atoms with E-state index in [1.807, 2.05) is 19.9 Å². The normalized spacial score (nSPS) is 11.3. The monoisotopic (exact) mass is 254 g/mol. The number of amides is 1. The molecule has 0 fully saturated rings. The molecule has 16 heavy (non-hydrogen) atoms. The third-order valence-corrected chi connectivity index (χ3v) is 2.84. The molecule has 0 aliphatic heterocycles. The van der Waals surface area contributed by atoms with Gasteiger partial charge in [0.1, 0.15) is 11.6 Å². The molecule has 0 spiro atoms. The number of rotatable bonds is 3. The molecule has 5 heteroatoms. The van der Waals surface area contributed by atoms with Crippen molar-refractivity contribution in [2.45, 2.75) is 19.9 Å². The highest BCUT2D eigenvalue weighted by molar-refractivity contribution is 7.17. The highest BCUT2D eigenvalue weighted by atomic mass is 35.5. The van der Waals surface area contributed by atoms with Crippen LogP contribution in [0.3, 0.4) is 0 Å². The fourth-order valence-corrected chi connectivity index (χ4v) is 2.04. The molecule has 0 radical (unpaired) electrons. The summed E-state index contributed by atoms with van der Waals surface area (Å²) in [6, 6.07) is 5.39. The van der Waals surface area contributed by atoms with E-state index >= 15 is 0 Å². The van der Waals surface area contributed by atoms with Crippen molar-refractivity contribution in [3.63, 3.8) is 0 Å². The van der Waals surface area contributed by atoms with Gasteiger partial charge in [-0.15, -0.1) is 11.3 Å². The molecule has 1 aromatic rings. The van der Waals surface area contributed by atoms with E-state index in [1.54, 1.807) is 12.1 Å². The van der Waals surface area contributed by atoms with Gasteiger partial charge >= 0.3 is 0 Å². The van der Waals surface area contributed by atoms with Gasteiger partial charge in [-0.05, 0) is 32.1 Å². The molecule has 1 heterocycles. The Balaban J connectivity index is 2.87. The lowest BCUT2D eigenvalue weighted by atomic mass is 10.2. The predicted molar refractivity (Wildman–Crippen MR) is 66.2 cm³/mol. The van der Waals surface area contributed by atoms with E-state index in [4.69, 9.17) is 16.9 Å². The largest absolute Gasteiger partial charge is 0.349 e. The third kappa shape index (κ3) is 3.69. The van der Waals surface area contributed by atoms with Crippen LogP contribution in [-0.4, -0.2) is 11.9 Å². The van der Waals surface area contributed by atoms with Crippen molar-refractivity contribution in [2.24, 2.45) is 0 Å². The minimum Gasteiger partial charge on any atom is -0.349 e. The molecule has 0 atom stereocenters. The maximum absolute atomic E-state index is 11.6. The van der Waals surface area contributed by atoms with E-state index in [1.165, 1.54) is 17.4 Å². The Hall–Kier alpha value is -1.31. The molecular formula is C11H11ClN2OS. The summed E-state index contributed by atoms with van der Waals surface area (Å²) in [5.41, 5.74) is 0.0900. The quantitative estimate of drug-likeness (QED) is 0.666. The van der Waals surface area contributed by atoms with Gasteiger partial charge in [-0.2, -0.15) is 5.26 Å². The van der Waals surface area contributed by atoms with Gasteiger partial charge in [0, 0.05) is 10.9 Å². The molecule has 0 bridgehead atoms. The van der Waals surface area contributed by atoms with Gasteiger partial charge in [-0.25, -0.2) is 0 Å². The van der Waals surface area contributed by atoms with Gasteiger partial charge < -0.3 is 5.32 Å². The average Bonchev–Trinajstić information content (AvgIpc) is 2.59. The molecule has 1 amide bonds. The van der Waals surface area contributed by atoms with Crippen LogP contribution < -0.4 is 5.32 Å². The first-order valence-corrected chi connectivity index (χ1v) is 5.90. The number of carbonyl (C=O) groups excluding carboxylic acids is 1. The number of hydrogen-bond donors (Lipinski definition) is 1. The summed E-state index contributed by atoms with van der Waals surface area (Å²) in [5.74, 6) is -0.359. The van der Waals surface area contributed by atoms with Crippen LogP contribution >= 0.6 is 22.9 Å². The molecular weight excluding hydrogens is 244 g/mol. The molecule has 0 unspecified atom stereocenters. The number of carbonyl (C=O) groups is 1. The number of halogens is 1. The summed E-state index contributed by atoms with van der Waals surface area (Å²) < 4.78 is 0.632. The number of nitrogens with zero attached hydrogens (tertiary/aromatic N) is 1. The number of nitriles is 1. The van der Waals surface area contributed by atoms with Crippen molar-refractivity contribution in [2.75, 3.05) is 0 Å². The SMILES string of the molecule is CC(C)NC(=O)/C(C#N)=C/c1ccc(Cl)s1. The molecule has 1 N–H and O–H groups in total. The van der Waals surface area contributed by atoms with Crippen molar-refractivity contribution < 1.29 is 4.79 Å². The maximum Gasteiger partial charge on any atom is 0.262 e. The van der Waals surface area contributed by atoms with Crippen molar-refractivity contribution in [1.29, 1.82) is 5.26 Å². The molecule has 0 aliphatic rings. The molecule has 0 aliphatic carbocycles. The molecule has 0 saturated carbocycles. The van der Waals surface area contributed by atoms with E-state index in [0.29, 0.717) is 4.34 Å². The van der Waals surface area contributed by atoms with Gasteiger partial charge in [0.2, 0.25) is 0 Å². The zero-order chi connectivity index (χ0) is 12.1. The van der Waals surface area contributed by atoms with Gasteiger partial charge in [0.05, 0.1) is 4.34 Å². The number of thiophene rings is 1. The molecule has 1 aromatic heterocycles. The summed E-state index contributed by atoms with van der Waals surface area (Å²) in [5, 5.41) is 11.5. The molecule has 1 rings (SSSR count). The summed E-state index contributed by atoms with van der Waals surface area (Å²) in [6.07, 6.45) is 1.54. The fourth-order valence-electron chi connectivity index (χ4n) is 1.04. The molecule has 84 valence electrons. The zero-order valence-electron chi connectivity index (χ0n) is 8.95. The standard InChI is InChI=1S/C11H11ClN2OS/c1-7(2)14-11(15)8(6-13)5-9-3-4-10(12)16-9/h3-5,7H,1-2H3,(H,14,15)/b8-5+. The van der Waals surface area contributed by atoms with E-state index in [2.05, 4.69) is 5.32 Å². The zero-order valence-corrected chi connectivity index (χ0v) is 10.5. The Morgan fingerprint density at radius 3 is 2.75 bits per heavy atom. The van der Waals surface area contributed by atoms with Gasteiger partial charge in [-0.3, -0.25) is 4.79 Å². The highest BCUT2D eigenvalue weighted by Gasteiger charge is 2.10. The van der Waals surface area contributed by atoms with Crippen LogP contribution in [0.5, 0.6) is 0 Å². The van der Waals surface area contributed by atoms with Crippen LogP contribution in [0, 0.1) is 11.3 Å². The summed E-state index contributed by atoms with van der Waals surface area (Å²) in [6.45, 7) is 3.68. The minimum absolute atomic E-state index is 0.0103. The van der Waals surface area contributed by atoms with Crippen LogP contribution in [0.1, 0.15) is 18.7 Å². The Labute approximate surface area is 103 Å². The first-order valence-electron chi connectivity index (χ1n) is 4.71. The lowest BCUT2D eigenvalue weighted by molar-refractivity contribution is -0.117. The Morgan fingerprint density at radius 1 is 1.62 bits per heavy atom. The highest BCUT2D eigenvalue weighted by Crippen LogP contribution is 2.23. The molecule has 3 nitrogen and oxygen atoms in total. The van der Waals surface area contributed by atoms with Gasteiger partial charge in [0.25, 0.3) is 5.91 Å². The summed E-state index contributed by atoms with van der Waals surface area (Å²) in [7, 11) is 0. The second-order valence-electron chi connectivity index (χ2n) is 3.44. The van der Waals surface area contributed by atoms with E-state index < -0.39 is 0 Å². The Kier molecular flexibility index (Phi) is 4.53. The van der Waals surface area contributed by atoms with Crippen molar-refractivity contribution in [3.8, 4) is 6.07 Å². The maximum atomic E-state index is 11.6. The van der Waals surface area contributed by atoms with Crippen LogP contribution in [0.25, 0.3) is 6.08 Å². The van der Waals surface area contributed by atoms with Crippen molar-refractivity contribution in [1.82, 2.24) is 5.32 Å². The van der Waals surface area contributed by atoms with Gasteiger partial charge in [-0.1, -0.05) is 11.6 Å². The summed E-state index contributed by atoms with van der Waals surface area (Å²) >= 11 is 7.08. The number of hydrogen-bond acceptors (Lipinski definition) is 3. The van der Waals surface area contributed by atoms with E-state index in [0.717, 1.165) is 4.88 Å².